The molecule has 2 aromatic heterocycles. The summed E-state index contributed by atoms with van der Waals surface area (Å²) in [6, 6.07) is 11.5. The first-order valence-electron chi connectivity index (χ1n) is 7.98. The zero-order chi connectivity index (χ0) is 18.1. The van der Waals surface area contributed by atoms with E-state index in [1.54, 1.807) is 20.1 Å². The maximum absolute atomic E-state index is 12.5. The second-order valence-electron chi connectivity index (χ2n) is 5.69. The predicted octanol–water partition coefficient (Wildman–Crippen LogP) is 3.83. The number of benzene rings is 2. The van der Waals surface area contributed by atoms with E-state index in [0.29, 0.717) is 22.2 Å². The molecule has 0 spiro atoms. The topological polar surface area (TPSA) is 93.0 Å². The van der Waals surface area contributed by atoms with Crippen molar-refractivity contribution < 1.29 is 13.9 Å². The number of thioether (sulfide) groups is 1. The lowest BCUT2D eigenvalue weighted by atomic mass is 10.1. The number of furan rings is 1. The predicted molar refractivity (Wildman–Crippen MR) is 101 cm³/mol. The highest BCUT2D eigenvalue weighted by atomic mass is 32.2. The van der Waals surface area contributed by atoms with Crippen molar-refractivity contribution in [2.75, 3.05) is 12.4 Å². The number of amides is 1. The summed E-state index contributed by atoms with van der Waals surface area (Å²) in [4.78, 5) is 16.6. The first-order valence-corrected chi connectivity index (χ1v) is 8.86. The molecule has 2 aromatic carbocycles. The van der Waals surface area contributed by atoms with E-state index >= 15 is 0 Å². The molecule has 8 heteroatoms. The van der Waals surface area contributed by atoms with Crippen LogP contribution in [0.2, 0.25) is 0 Å². The number of H-pyrrole nitrogens is 1. The highest BCUT2D eigenvalue weighted by Crippen LogP contribution is 2.36. The summed E-state index contributed by atoms with van der Waals surface area (Å²) in [5.41, 5.74) is 2.05. The van der Waals surface area contributed by atoms with Gasteiger partial charge in [-0.2, -0.15) is 5.10 Å². The van der Waals surface area contributed by atoms with Crippen LogP contribution >= 0.6 is 11.8 Å². The molecule has 1 atom stereocenters. The molecular formula is C18H16N4O3S. The maximum Gasteiger partial charge on any atom is 0.237 e. The smallest absolute Gasteiger partial charge is 0.237 e. The van der Waals surface area contributed by atoms with Crippen LogP contribution in [0.25, 0.3) is 21.9 Å². The second-order valence-corrected chi connectivity index (χ2v) is 7.02. The number of nitrogens with zero attached hydrogens (tertiary/aromatic N) is 2. The zero-order valence-electron chi connectivity index (χ0n) is 14.1. The van der Waals surface area contributed by atoms with Crippen LogP contribution in [0.4, 0.5) is 5.69 Å². The molecule has 0 radical (unpaired) electrons. The van der Waals surface area contributed by atoms with E-state index in [-0.39, 0.29) is 11.2 Å². The van der Waals surface area contributed by atoms with E-state index in [1.165, 1.54) is 18.1 Å². The zero-order valence-corrected chi connectivity index (χ0v) is 15.0. The summed E-state index contributed by atoms with van der Waals surface area (Å²) in [6.07, 6.45) is 1.41. The highest BCUT2D eigenvalue weighted by Gasteiger charge is 2.19. The molecule has 0 aliphatic carbocycles. The van der Waals surface area contributed by atoms with E-state index < -0.39 is 0 Å². The fraction of sp³-hybridized carbons (Fsp3) is 0.167. The molecule has 1 amide bonds. The Bertz CT molecular complexity index is 1070. The van der Waals surface area contributed by atoms with Crippen LogP contribution in [0.5, 0.6) is 5.75 Å². The van der Waals surface area contributed by atoms with Gasteiger partial charge < -0.3 is 14.5 Å². The van der Waals surface area contributed by atoms with E-state index in [4.69, 9.17) is 9.15 Å². The van der Waals surface area contributed by atoms with Gasteiger partial charge in [-0.05, 0) is 19.1 Å². The number of carbonyl (C=O) groups is 1. The number of hydrogen-bond donors (Lipinski definition) is 2. The molecule has 0 unspecified atom stereocenters. The number of carbonyl (C=O) groups excluding carboxylic acids is 1. The number of hydrogen-bond acceptors (Lipinski definition) is 6. The van der Waals surface area contributed by atoms with Gasteiger partial charge in [-0.15, -0.1) is 0 Å². The molecule has 0 aliphatic heterocycles. The first-order chi connectivity index (χ1) is 12.7. The van der Waals surface area contributed by atoms with Gasteiger partial charge in [0.15, 0.2) is 5.16 Å². The van der Waals surface area contributed by atoms with Crippen LogP contribution in [0, 0.1) is 0 Å². The van der Waals surface area contributed by atoms with Crippen molar-refractivity contribution in [2.24, 2.45) is 0 Å². The molecule has 132 valence electrons. The number of fused-ring (bicyclic) bond motifs is 3. The lowest BCUT2D eigenvalue weighted by Crippen LogP contribution is -2.22. The molecule has 0 bridgehead atoms. The first kappa shape index (κ1) is 16.5. The van der Waals surface area contributed by atoms with E-state index in [9.17, 15) is 4.79 Å². The third kappa shape index (κ3) is 2.99. The van der Waals surface area contributed by atoms with Gasteiger partial charge in [0.25, 0.3) is 0 Å². The number of para-hydroxylation sites is 1. The number of aromatic nitrogens is 3. The van der Waals surface area contributed by atoms with E-state index in [2.05, 4.69) is 20.5 Å². The van der Waals surface area contributed by atoms with Crippen LogP contribution in [-0.2, 0) is 4.79 Å². The monoisotopic (exact) mass is 368 g/mol. The Morgan fingerprint density at radius 1 is 1.27 bits per heavy atom. The minimum absolute atomic E-state index is 0.167. The number of rotatable bonds is 5. The van der Waals surface area contributed by atoms with Crippen LogP contribution in [0.1, 0.15) is 6.92 Å². The van der Waals surface area contributed by atoms with Gasteiger partial charge in [0.2, 0.25) is 5.91 Å². The van der Waals surface area contributed by atoms with Gasteiger partial charge in [-0.25, -0.2) is 4.98 Å². The van der Waals surface area contributed by atoms with Crippen LogP contribution in [-0.4, -0.2) is 33.4 Å². The van der Waals surface area contributed by atoms with Gasteiger partial charge in [0, 0.05) is 16.8 Å². The molecule has 0 saturated carbocycles. The van der Waals surface area contributed by atoms with Crippen LogP contribution in [0.3, 0.4) is 0 Å². The number of methoxy groups -OCH3 is 1. The molecule has 4 aromatic rings. The van der Waals surface area contributed by atoms with Crippen molar-refractivity contribution in [3.8, 4) is 5.75 Å². The summed E-state index contributed by atoms with van der Waals surface area (Å²) in [5.74, 6) is 0.412. The quantitative estimate of drug-likeness (QED) is 0.520. The lowest BCUT2D eigenvalue weighted by Gasteiger charge is -2.13. The largest absolute Gasteiger partial charge is 0.495 e. The maximum atomic E-state index is 12.5. The number of aromatic amines is 1. The second kappa shape index (κ2) is 6.72. The lowest BCUT2D eigenvalue weighted by molar-refractivity contribution is -0.115. The van der Waals surface area contributed by atoms with Gasteiger partial charge >= 0.3 is 0 Å². The van der Waals surface area contributed by atoms with Crippen LogP contribution < -0.4 is 10.1 Å². The standard InChI is InChI=1S/C18H16N4O3S/c1-10(26-18-19-9-20-22-18)17(23)21-13-8-15-12(7-16(13)24-2)11-5-3-4-6-14(11)25-15/h3-10H,1-2H3,(H,21,23)(H,19,20,22)/t10-/m0/s1. The summed E-state index contributed by atoms with van der Waals surface area (Å²) in [6.45, 7) is 1.80. The summed E-state index contributed by atoms with van der Waals surface area (Å²) in [7, 11) is 1.58. The Hall–Kier alpha value is -3.00. The minimum Gasteiger partial charge on any atom is -0.495 e. The Morgan fingerprint density at radius 3 is 2.88 bits per heavy atom. The third-order valence-corrected chi connectivity index (χ3v) is 4.99. The average Bonchev–Trinajstić information content (AvgIpc) is 3.27. The molecule has 7 nitrogen and oxygen atoms in total. The van der Waals surface area contributed by atoms with Crippen molar-refractivity contribution in [1.82, 2.24) is 15.2 Å². The van der Waals surface area contributed by atoms with Crippen molar-refractivity contribution in [3.63, 3.8) is 0 Å². The number of ether oxygens (including phenoxy) is 1. The molecule has 2 N–H and O–H groups in total. The summed E-state index contributed by atoms with van der Waals surface area (Å²) < 4.78 is 11.4. The minimum atomic E-state index is -0.362. The van der Waals surface area contributed by atoms with Crippen molar-refractivity contribution in [3.05, 3.63) is 42.7 Å². The Morgan fingerprint density at radius 2 is 2.12 bits per heavy atom. The van der Waals surface area contributed by atoms with Crippen molar-refractivity contribution >= 4 is 45.3 Å². The van der Waals surface area contributed by atoms with Gasteiger partial charge in [-0.1, -0.05) is 30.0 Å². The van der Waals surface area contributed by atoms with Gasteiger partial charge in [-0.3, -0.25) is 9.89 Å². The Labute approximate surface area is 153 Å². The average molecular weight is 368 g/mol. The number of nitrogens with one attached hydrogen (secondary N) is 2. The van der Waals surface area contributed by atoms with Crippen molar-refractivity contribution in [1.29, 1.82) is 0 Å². The van der Waals surface area contributed by atoms with Gasteiger partial charge in [0.1, 0.15) is 23.2 Å². The Balaban J connectivity index is 1.64. The van der Waals surface area contributed by atoms with Crippen molar-refractivity contribution in [2.45, 2.75) is 17.3 Å². The third-order valence-electron chi connectivity index (χ3n) is 4.01. The fourth-order valence-corrected chi connectivity index (χ4v) is 3.44. The summed E-state index contributed by atoms with van der Waals surface area (Å²) >= 11 is 1.29. The highest BCUT2D eigenvalue weighted by molar-refractivity contribution is 8.00. The van der Waals surface area contributed by atoms with E-state index in [0.717, 1.165) is 16.4 Å². The van der Waals surface area contributed by atoms with E-state index in [1.807, 2.05) is 30.3 Å². The summed E-state index contributed by atoms with van der Waals surface area (Å²) in [5, 5.41) is 11.6. The van der Waals surface area contributed by atoms with Crippen LogP contribution in [0.15, 0.2) is 52.3 Å². The molecule has 0 fully saturated rings. The molecule has 4 rings (SSSR count). The normalized spacial score (nSPS) is 12.4. The Kier molecular flexibility index (Phi) is 4.26. The SMILES string of the molecule is COc1cc2c(cc1NC(=O)[C@H](C)Sc1ncn[nH]1)oc1ccccc12. The number of anilines is 1. The van der Waals surface area contributed by atoms with Gasteiger partial charge in [0.05, 0.1) is 18.0 Å². The fourth-order valence-electron chi connectivity index (χ4n) is 2.72. The molecule has 2 heterocycles. The molecule has 26 heavy (non-hydrogen) atoms. The molecule has 0 aliphatic rings. The molecule has 0 saturated heterocycles. The molecular weight excluding hydrogens is 352 g/mol.